The third-order valence-corrected chi connectivity index (χ3v) is 4.03. The Labute approximate surface area is 146 Å². The molecule has 0 aliphatic rings. The third-order valence-electron chi connectivity index (χ3n) is 3.40. The second-order valence-corrected chi connectivity index (χ2v) is 5.76. The summed E-state index contributed by atoms with van der Waals surface area (Å²) in [5.74, 6) is -0.682. The van der Waals surface area contributed by atoms with Crippen molar-refractivity contribution in [1.29, 1.82) is 0 Å². The number of aryl methyl sites for hydroxylation is 1. The predicted molar refractivity (Wildman–Crippen MR) is 91.0 cm³/mol. The van der Waals surface area contributed by atoms with E-state index in [4.69, 9.17) is 23.2 Å². The molecule has 1 N–H and O–H groups in total. The lowest BCUT2D eigenvalue weighted by Gasteiger charge is -2.08. The molecule has 2 heterocycles. The van der Waals surface area contributed by atoms with Crippen LogP contribution in [0.1, 0.15) is 16.1 Å². The number of carbonyl (C=O) groups excluding carboxylic acids is 1. The summed E-state index contributed by atoms with van der Waals surface area (Å²) in [4.78, 5) is 27.3. The van der Waals surface area contributed by atoms with Crippen LogP contribution in [-0.4, -0.2) is 20.2 Å². The standard InChI is InChI=1S/C15H10Cl2N4O3/c1-8-15(21(23)24)20-7-3-6-11(13(20)18-8)19-14(22)12-9(16)4-2-5-10(12)17/h2-7H,1H3,(H,19,22). The van der Waals surface area contributed by atoms with Gasteiger partial charge in [-0.2, -0.15) is 4.40 Å². The highest BCUT2D eigenvalue weighted by molar-refractivity contribution is 6.40. The van der Waals surface area contributed by atoms with E-state index in [1.165, 1.54) is 17.5 Å². The zero-order valence-corrected chi connectivity index (χ0v) is 13.8. The van der Waals surface area contributed by atoms with Crippen LogP contribution < -0.4 is 5.32 Å². The average molecular weight is 365 g/mol. The van der Waals surface area contributed by atoms with E-state index >= 15 is 0 Å². The predicted octanol–water partition coefficient (Wildman–Crippen LogP) is 4.11. The average Bonchev–Trinajstić information content (AvgIpc) is 2.84. The smallest absolute Gasteiger partial charge is 0.350 e. The number of benzene rings is 1. The fourth-order valence-corrected chi connectivity index (χ4v) is 2.95. The number of hydrogen-bond acceptors (Lipinski definition) is 4. The first-order valence-electron chi connectivity index (χ1n) is 6.77. The molecule has 0 atom stereocenters. The topological polar surface area (TPSA) is 89.5 Å². The van der Waals surface area contributed by atoms with Gasteiger partial charge in [0.25, 0.3) is 11.6 Å². The van der Waals surface area contributed by atoms with Gasteiger partial charge in [0.15, 0.2) is 0 Å². The molecule has 0 aliphatic heterocycles. The molecule has 2 aromatic heterocycles. The van der Waals surface area contributed by atoms with Crippen LogP contribution in [0, 0.1) is 17.0 Å². The van der Waals surface area contributed by atoms with Crippen molar-refractivity contribution in [3.05, 3.63) is 67.9 Å². The number of rotatable bonds is 3. The van der Waals surface area contributed by atoms with Crippen LogP contribution in [0.3, 0.4) is 0 Å². The van der Waals surface area contributed by atoms with Gasteiger partial charge in [-0.25, -0.2) is 4.98 Å². The summed E-state index contributed by atoms with van der Waals surface area (Å²) < 4.78 is 1.30. The van der Waals surface area contributed by atoms with E-state index in [1.54, 1.807) is 30.3 Å². The van der Waals surface area contributed by atoms with Crippen molar-refractivity contribution < 1.29 is 9.72 Å². The highest BCUT2D eigenvalue weighted by atomic mass is 35.5. The van der Waals surface area contributed by atoms with Crippen molar-refractivity contribution in [2.45, 2.75) is 6.92 Å². The molecule has 0 bridgehead atoms. The maximum absolute atomic E-state index is 12.5. The number of nitrogens with zero attached hydrogens (tertiary/aromatic N) is 3. The van der Waals surface area contributed by atoms with E-state index < -0.39 is 10.8 Å². The fourth-order valence-electron chi connectivity index (χ4n) is 2.39. The fraction of sp³-hybridized carbons (Fsp3) is 0.0667. The molecule has 3 rings (SSSR count). The largest absolute Gasteiger partial charge is 0.358 e. The Bertz CT molecular complexity index is 964. The molecule has 0 fully saturated rings. The van der Waals surface area contributed by atoms with Crippen molar-refractivity contribution in [2.75, 3.05) is 5.32 Å². The van der Waals surface area contributed by atoms with Gasteiger partial charge < -0.3 is 15.4 Å². The molecule has 0 radical (unpaired) electrons. The summed E-state index contributed by atoms with van der Waals surface area (Å²) in [5, 5.41) is 14.2. The number of fused-ring (bicyclic) bond motifs is 1. The van der Waals surface area contributed by atoms with Gasteiger partial charge in [-0.3, -0.25) is 4.79 Å². The zero-order valence-electron chi connectivity index (χ0n) is 12.3. The number of hydrogen-bond donors (Lipinski definition) is 1. The monoisotopic (exact) mass is 364 g/mol. The molecule has 0 spiro atoms. The highest BCUT2D eigenvalue weighted by Gasteiger charge is 2.23. The van der Waals surface area contributed by atoms with Crippen molar-refractivity contribution in [3.8, 4) is 0 Å². The van der Waals surface area contributed by atoms with Gasteiger partial charge in [0.2, 0.25) is 0 Å². The van der Waals surface area contributed by atoms with E-state index in [9.17, 15) is 14.9 Å². The first-order valence-corrected chi connectivity index (χ1v) is 7.53. The van der Waals surface area contributed by atoms with Crippen LogP contribution in [-0.2, 0) is 0 Å². The Morgan fingerprint density at radius 1 is 1.25 bits per heavy atom. The van der Waals surface area contributed by atoms with Gasteiger partial charge in [0.05, 0.1) is 21.8 Å². The summed E-state index contributed by atoms with van der Waals surface area (Å²) in [5.41, 5.74) is 0.950. The molecule has 0 saturated carbocycles. The van der Waals surface area contributed by atoms with Crippen molar-refractivity contribution >= 4 is 46.3 Å². The summed E-state index contributed by atoms with van der Waals surface area (Å²) in [6.07, 6.45) is 1.51. The van der Waals surface area contributed by atoms with E-state index in [2.05, 4.69) is 10.3 Å². The lowest BCUT2D eigenvalue weighted by atomic mass is 10.2. The van der Waals surface area contributed by atoms with Crippen LogP contribution in [0.5, 0.6) is 0 Å². The summed E-state index contributed by atoms with van der Waals surface area (Å²) in [6, 6.07) is 7.89. The summed E-state index contributed by atoms with van der Waals surface area (Å²) in [7, 11) is 0. The Morgan fingerprint density at radius 3 is 2.54 bits per heavy atom. The number of aromatic nitrogens is 2. The Kier molecular flexibility index (Phi) is 4.13. The van der Waals surface area contributed by atoms with Gasteiger partial charge in [-0.1, -0.05) is 29.3 Å². The molecule has 1 amide bonds. The van der Waals surface area contributed by atoms with Crippen LogP contribution in [0.25, 0.3) is 5.65 Å². The van der Waals surface area contributed by atoms with Gasteiger partial charge in [-0.05, 0) is 36.1 Å². The second-order valence-electron chi connectivity index (χ2n) is 4.94. The first kappa shape index (κ1) is 16.2. The summed E-state index contributed by atoms with van der Waals surface area (Å²) >= 11 is 12.0. The molecular formula is C15H10Cl2N4O3. The van der Waals surface area contributed by atoms with E-state index in [1.807, 2.05) is 0 Å². The third kappa shape index (κ3) is 2.68. The van der Waals surface area contributed by atoms with E-state index in [0.29, 0.717) is 5.69 Å². The number of nitro groups is 1. The molecular weight excluding hydrogens is 355 g/mol. The van der Waals surface area contributed by atoms with Gasteiger partial charge >= 0.3 is 5.82 Å². The second kappa shape index (κ2) is 6.10. The zero-order chi connectivity index (χ0) is 17.4. The quantitative estimate of drug-likeness (QED) is 0.559. The first-order chi connectivity index (χ1) is 11.4. The van der Waals surface area contributed by atoms with Gasteiger partial charge in [-0.15, -0.1) is 0 Å². The molecule has 7 nitrogen and oxygen atoms in total. The number of pyridine rings is 1. The van der Waals surface area contributed by atoms with Crippen LogP contribution in [0.2, 0.25) is 10.0 Å². The number of amides is 1. The maximum atomic E-state index is 12.5. The minimum absolute atomic E-state index is 0.126. The van der Waals surface area contributed by atoms with Crippen molar-refractivity contribution in [3.63, 3.8) is 0 Å². The molecule has 0 saturated heterocycles. The van der Waals surface area contributed by atoms with Gasteiger partial charge in [0, 0.05) is 0 Å². The lowest BCUT2D eigenvalue weighted by Crippen LogP contribution is -2.14. The Morgan fingerprint density at radius 2 is 1.92 bits per heavy atom. The Balaban J connectivity index is 2.07. The van der Waals surface area contributed by atoms with Crippen molar-refractivity contribution in [1.82, 2.24) is 9.38 Å². The molecule has 3 aromatic rings. The molecule has 0 unspecified atom stereocenters. The SMILES string of the molecule is Cc1nc2c(NC(=O)c3c(Cl)cccc3Cl)cccn2c1[N+](=O)[O-]. The normalized spacial score (nSPS) is 10.8. The lowest BCUT2D eigenvalue weighted by molar-refractivity contribution is -0.390. The molecule has 0 aliphatic carbocycles. The van der Waals surface area contributed by atoms with Crippen molar-refractivity contribution in [2.24, 2.45) is 0 Å². The minimum Gasteiger partial charge on any atom is -0.358 e. The Hall–Kier alpha value is -2.64. The molecule has 24 heavy (non-hydrogen) atoms. The molecule has 122 valence electrons. The van der Waals surface area contributed by atoms with E-state index in [0.717, 1.165) is 0 Å². The maximum Gasteiger partial charge on any atom is 0.350 e. The summed E-state index contributed by atoms with van der Waals surface area (Å²) in [6.45, 7) is 1.53. The van der Waals surface area contributed by atoms with Crippen LogP contribution in [0.4, 0.5) is 11.5 Å². The number of imidazole rings is 1. The highest BCUT2D eigenvalue weighted by Crippen LogP contribution is 2.28. The van der Waals surface area contributed by atoms with E-state index in [-0.39, 0.29) is 32.8 Å². The number of nitrogens with one attached hydrogen (secondary N) is 1. The van der Waals surface area contributed by atoms with Gasteiger partial charge in [0.1, 0.15) is 11.4 Å². The molecule has 1 aromatic carbocycles. The van der Waals surface area contributed by atoms with Crippen LogP contribution in [0.15, 0.2) is 36.5 Å². The minimum atomic E-state index is -0.526. The number of carbonyl (C=O) groups is 1. The number of halogens is 2. The van der Waals surface area contributed by atoms with Crippen LogP contribution >= 0.6 is 23.2 Å². The molecule has 9 heteroatoms. The number of anilines is 1.